The van der Waals surface area contributed by atoms with Gasteiger partial charge in [-0.1, -0.05) is 0 Å². The van der Waals surface area contributed by atoms with Crippen molar-refractivity contribution >= 4 is 11.6 Å². The lowest BCUT2D eigenvalue weighted by molar-refractivity contribution is 0.424. The molecule has 0 aromatic rings. The summed E-state index contributed by atoms with van der Waals surface area (Å²) in [5.41, 5.74) is 5.83. The third-order valence-electron chi connectivity index (χ3n) is 2.78. The van der Waals surface area contributed by atoms with Gasteiger partial charge in [0.2, 0.25) is 0 Å². The molecule has 0 aromatic heterocycles. The van der Waals surface area contributed by atoms with Crippen LogP contribution in [0, 0.1) is 11.8 Å². The second-order valence-electron chi connectivity index (χ2n) is 3.42. The number of fused-ring (bicyclic) bond motifs is 2. The van der Waals surface area contributed by atoms with Gasteiger partial charge in [0.15, 0.2) is 0 Å². The molecule has 2 aliphatic rings. The van der Waals surface area contributed by atoms with E-state index in [0.29, 0.717) is 17.3 Å². The van der Waals surface area contributed by atoms with Gasteiger partial charge in [-0.05, 0) is 31.1 Å². The van der Waals surface area contributed by atoms with Crippen LogP contribution < -0.4 is 5.73 Å². The summed E-state index contributed by atoms with van der Waals surface area (Å²) in [6.07, 6.45) is 3.75. The fraction of sp³-hybridized carbons (Fsp3) is 1.00. The van der Waals surface area contributed by atoms with Crippen LogP contribution in [0.5, 0.6) is 0 Å². The van der Waals surface area contributed by atoms with Crippen LogP contribution in [-0.2, 0) is 0 Å². The Morgan fingerprint density at radius 3 is 2.33 bits per heavy atom. The maximum absolute atomic E-state index is 6.02. The number of hydrogen-bond donors (Lipinski definition) is 1. The van der Waals surface area contributed by atoms with Crippen LogP contribution in [0.15, 0.2) is 0 Å². The largest absolute Gasteiger partial charge is 0.327 e. The Balaban J connectivity index is 2.13. The highest BCUT2D eigenvalue weighted by atomic mass is 35.5. The molecule has 1 nitrogen and oxygen atoms in total. The van der Waals surface area contributed by atoms with E-state index in [0.717, 1.165) is 5.92 Å². The molecule has 0 aromatic carbocycles. The number of hydrogen-bond acceptors (Lipinski definition) is 1. The molecule has 9 heavy (non-hydrogen) atoms. The SMILES string of the molecule is N[C@@H]1C[C@@H]2C[C@H]1[C@@H](Cl)C2. The highest BCUT2D eigenvalue weighted by Gasteiger charge is 2.43. The van der Waals surface area contributed by atoms with E-state index in [1.165, 1.54) is 19.3 Å². The summed E-state index contributed by atoms with van der Waals surface area (Å²) in [7, 11) is 0. The Bertz CT molecular complexity index is 114. The van der Waals surface area contributed by atoms with Gasteiger partial charge < -0.3 is 5.73 Å². The zero-order chi connectivity index (χ0) is 6.43. The lowest BCUT2D eigenvalue weighted by atomic mass is 9.96. The second-order valence-corrected chi connectivity index (χ2v) is 3.98. The number of halogens is 1. The zero-order valence-electron chi connectivity index (χ0n) is 5.39. The molecule has 52 valence electrons. The van der Waals surface area contributed by atoms with Gasteiger partial charge in [-0.2, -0.15) is 0 Å². The van der Waals surface area contributed by atoms with E-state index in [2.05, 4.69) is 0 Å². The van der Waals surface area contributed by atoms with Gasteiger partial charge in [0.05, 0.1) is 0 Å². The average molecular weight is 146 g/mol. The first kappa shape index (κ1) is 5.99. The topological polar surface area (TPSA) is 26.0 Å². The average Bonchev–Trinajstić information content (AvgIpc) is 2.22. The first-order chi connectivity index (χ1) is 4.27. The van der Waals surface area contributed by atoms with Crippen LogP contribution in [0.4, 0.5) is 0 Å². The first-order valence-corrected chi connectivity index (χ1v) is 4.10. The van der Waals surface area contributed by atoms with E-state index in [1.807, 2.05) is 0 Å². The van der Waals surface area contributed by atoms with Gasteiger partial charge in [0, 0.05) is 11.4 Å². The maximum Gasteiger partial charge on any atom is 0.0381 e. The number of rotatable bonds is 0. The molecule has 2 rings (SSSR count). The molecule has 2 fully saturated rings. The third kappa shape index (κ3) is 0.786. The quantitative estimate of drug-likeness (QED) is 0.512. The minimum atomic E-state index is 0.402. The van der Waals surface area contributed by atoms with Crippen LogP contribution in [0.1, 0.15) is 19.3 Å². The Morgan fingerprint density at radius 2 is 2.00 bits per heavy atom. The van der Waals surface area contributed by atoms with Crippen molar-refractivity contribution in [3.8, 4) is 0 Å². The summed E-state index contributed by atoms with van der Waals surface area (Å²) in [5.74, 6) is 1.52. The summed E-state index contributed by atoms with van der Waals surface area (Å²) < 4.78 is 0. The van der Waals surface area contributed by atoms with Crippen LogP contribution in [0.25, 0.3) is 0 Å². The van der Waals surface area contributed by atoms with Crippen molar-refractivity contribution in [2.75, 3.05) is 0 Å². The fourth-order valence-electron chi connectivity index (χ4n) is 2.32. The highest BCUT2D eigenvalue weighted by molar-refractivity contribution is 6.21. The van der Waals surface area contributed by atoms with Gasteiger partial charge in [-0.3, -0.25) is 0 Å². The predicted molar refractivity (Wildman–Crippen MR) is 38.4 cm³/mol. The third-order valence-corrected chi connectivity index (χ3v) is 3.29. The van der Waals surface area contributed by atoms with Gasteiger partial charge in [-0.25, -0.2) is 0 Å². The molecule has 2 aliphatic carbocycles. The summed E-state index contributed by atoms with van der Waals surface area (Å²) >= 11 is 6.02. The molecule has 2 N–H and O–H groups in total. The van der Waals surface area contributed by atoms with Crippen molar-refractivity contribution in [3.05, 3.63) is 0 Å². The summed E-state index contributed by atoms with van der Waals surface area (Å²) in [6.45, 7) is 0. The van der Waals surface area contributed by atoms with Crippen molar-refractivity contribution in [2.24, 2.45) is 17.6 Å². The zero-order valence-corrected chi connectivity index (χ0v) is 6.14. The van der Waals surface area contributed by atoms with Crippen LogP contribution in [0.2, 0.25) is 0 Å². The van der Waals surface area contributed by atoms with Crippen molar-refractivity contribution in [3.63, 3.8) is 0 Å². The van der Waals surface area contributed by atoms with Gasteiger partial charge in [-0.15, -0.1) is 11.6 Å². The van der Waals surface area contributed by atoms with Crippen molar-refractivity contribution in [1.82, 2.24) is 0 Å². The predicted octanol–water partition coefficient (Wildman–Crippen LogP) is 1.35. The number of nitrogens with two attached hydrogens (primary N) is 1. The normalized spacial score (nSPS) is 56.7. The van der Waals surface area contributed by atoms with E-state index in [4.69, 9.17) is 17.3 Å². The molecule has 2 bridgehead atoms. The minimum absolute atomic E-state index is 0.402. The monoisotopic (exact) mass is 145 g/mol. The Labute approximate surface area is 60.6 Å². The lowest BCUT2D eigenvalue weighted by Crippen LogP contribution is -2.32. The molecule has 0 heterocycles. The summed E-state index contributed by atoms with van der Waals surface area (Å²) in [6, 6.07) is 0.422. The van der Waals surface area contributed by atoms with Gasteiger partial charge >= 0.3 is 0 Å². The highest BCUT2D eigenvalue weighted by Crippen LogP contribution is 2.46. The molecule has 0 spiro atoms. The van der Waals surface area contributed by atoms with Gasteiger partial charge in [0.1, 0.15) is 0 Å². The molecular weight excluding hydrogens is 134 g/mol. The van der Waals surface area contributed by atoms with Crippen molar-refractivity contribution in [1.29, 1.82) is 0 Å². The summed E-state index contributed by atoms with van der Waals surface area (Å²) in [4.78, 5) is 0. The number of alkyl halides is 1. The molecule has 0 saturated heterocycles. The second kappa shape index (κ2) is 1.86. The van der Waals surface area contributed by atoms with Crippen LogP contribution in [0.3, 0.4) is 0 Å². The van der Waals surface area contributed by atoms with Crippen LogP contribution in [-0.4, -0.2) is 11.4 Å². The molecular formula is C7H12ClN. The van der Waals surface area contributed by atoms with E-state index in [-0.39, 0.29) is 0 Å². The van der Waals surface area contributed by atoms with Crippen molar-refractivity contribution < 1.29 is 0 Å². The maximum atomic E-state index is 6.02. The summed E-state index contributed by atoms with van der Waals surface area (Å²) in [5, 5.41) is 0.402. The van der Waals surface area contributed by atoms with Crippen molar-refractivity contribution in [2.45, 2.75) is 30.7 Å². The lowest BCUT2D eigenvalue weighted by Gasteiger charge is -2.21. The molecule has 0 unspecified atom stereocenters. The van der Waals surface area contributed by atoms with E-state index >= 15 is 0 Å². The molecule has 0 radical (unpaired) electrons. The van der Waals surface area contributed by atoms with Crippen LogP contribution >= 0.6 is 11.6 Å². The van der Waals surface area contributed by atoms with E-state index in [1.54, 1.807) is 0 Å². The fourth-order valence-corrected chi connectivity index (χ4v) is 2.86. The smallest absolute Gasteiger partial charge is 0.0381 e. The Kier molecular flexibility index (Phi) is 1.24. The minimum Gasteiger partial charge on any atom is -0.327 e. The Hall–Kier alpha value is 0.250. The first-order valence-electron chi connectivity index (χ1n) is 3.67. The molecule has 4 atom stereocenters. The Morgan fingerprint density at radius 1 is 1.22 bits per heavy atom. The molecule has 0 amide bonds. The molecule has 2 saturated carbocycles. The van der Waals surface area contributed by atoms with E-state index < -0.39 is 0 Å². The molecule has 2 heteroatoms. The van der Waals surface area contributed by atoms with Gasteiger partial charge in [0.25, 0.3) is 0 Å². The molecule has 0 aliphatic heterocycles. The van der Waals surface area contributed by atoms with E-state index in [9.17, 15) is 0 Å². The standard InChI is InChI=1S/C7H12ClN/c8-6-2-4-1-5(6)7(9)3-4/h4-7H,1-3,9H2/t4-,5+,6+,7-/m1/s1.